The summed E-state index contributed by atoms with van der Waals surface area (Å²) in [6, 6.07) is 6.68. The number of amides is 1. The van der Waals surface area contributed by atoms with Crippen LogP contribution in [0.25, 0.3) is 0 Å². The van der Waals surface area contributed by atoms with E-state index in [0.29, 0.717) is 25.3 Å². The Kier molecular flexibility index (Phi) is 6.95. The highest BCUT2D eigenvalue weighted by Crippen LogP contribution is 2.25. The number of piperidine rings is 2. The molecular weight excluding hydrogens is 378 g/mol. The van der Waals surface area contributed by atoms with Crippen LogP contribution in [-0.2, 0) is 14.8 Å². The summed E-state index contributed by atoms with van der Waals surface area (Å²) in [5, 5.41) is 3.14. The monoisotopic (exact) mass is 409 g/mol. The van der Waals surface area contributed by atoms with Crippen LogP contribution in [0, 0.1) is 5.92 Å². The van der Waals surface area contributed by atoms with Crippen LogP contribution in [0.15, 0.2) is 29.2 Å². The standard InChI is InChI=1S/C20H31N3O4S/c1-3-27-18-6-8-19(9-7-18)28(25,26)23-12-4-5-16(15-23)20(24)21-17-10-13-22(2)14-11-17/h6-9,16-17H,3-5,10-15H2,1-2H3,(H,21,24). The van der Waals surface area contributed by atoms with Crippen molar-refractivity contribution in [1.29, 1.82) is 0 Å². The summed E-state index contributed by atoms with van der Waals surface area (Å²) < 4.78 is 32.8. The van der Waals surface area contributed by atoms with Gasteiger partial charge in [0.25, 0.3) is 0 Å². The largest absolute Gasteiger partial charge is 0.494 e. The first-order chi connectivity index (χ1) is 13.4. The third-order valence-electron chi connectivity index (χ3n) is 5.59. The van der Waals surface area contributed by atoms with Crippen molar-refractivity contribution in [2.24, 2.45) is 5.92 Å². The lowest BCUT2D eigenvalue weighted by Gasteiger charge is -2.34. The van der Waals surface area contributed by atoms with E-state index >= 15 is 0 Å². The zero-order valence-electron chi connectivity index (χ0n) is 16.8. The van der Waals surface area contributed by atoms with Gasteiger partial charge in [-0.3, -0.25) is 4.79 Å². The highest BCUT2D eigenvalue weighted by Gasteiger charge is 2.34. The summed E-state index contributed by atoms with van der Waals surface area (Å²) in [5.74, 6) is 0.350. The average molecular weight is 410 g/mol. The van der Waals surface area contributed by atoms with E-state index < -0.39 is 10.0 Å². The van der Waals surface area contributed by atoms with Gasteiger partial charge in [0.05, 0.1) is 17.4 Å². The molecule has 2 fully saturated rings. The molecule has 1 unspecified atom stereocenters. The molecular formula is C20H31N3O4S. The molecule has 2 aliphatic rings. The van der Waals surface area contributed by atoms with E-state index in [-0.39, 0.29) is 29.3 Å². The van der Waals surface area contributed by atoms with Gasteiger partial charge in [0.2, 0.25) is 15.9 Å². The van der Waals surface area contributed by atoms with E-state index in [1.54, 1.807) is 24.3 Å². The van der Waals surface area contributed by atoms with Crippen molar-refractivity contribution < 1.29 is 17.9 Å². The quantitative estimate of drug-likeness (QED) is 0.774. The summed E-state index contributed by atoms with van der Waals surface area (Å²) in [5.41, 5.74) is 0. The first-order valence-electron chi connectivity index (χ1n) is 10.1. The lowest BCUT2D eigenvalue weighted by atomic mass is 9.97. The second-order valence-corrected chi connectivity index (χ2v) is 9.63. The number of ether oxygens (including phenoxy) is 1. The Labute approximate surface area is 168 Å². The summed E-state index contributed by atoms with van der Waals surface area (Å²) >= 11 is 0. The van der Waals surface area contributed by atoms with Crippen molar-refractivity contribution in [1.82, 2.24) is 14.5 Å². The Morgan fingerprint density at radius 2 is 1.82 bits per heavy atom. The van der Waals surface area contributed by atoms with Gasteiger partial charge in [0.15, 0.2) is 0 Å². The molecule has 1 N–H and O–H groups in total. The van der Waals surface area contributed by atoms with Gasteiger partial charge in [0.1, 0.15) is 5.75 Å². The highest BCUT2D eigenvalue weighted by atomic mass is 32.2. The summed E-state index contributed by atoms with van der Waals surface area (Å²) in [4.78, 5) is 15.2. The van der Waals surface area contributed by atoms with E-state index in [9.17, 15) is 13.2 Å². The maximum atomic E-state index is 13.0. The molecule has 28 heavy (non-hydrogen) atoms. The maximum Gasteiger partial charge on any atom is 0.243 e. The number of benzene rings is 1. The van der Waals surface area contributed by atoms with Crippen molar-refractivity contribution in [3.8, 4) is 5.75 Å². The fourth-order valence-electron chi connectivity index (χ4n) is 3.87. The highest BCUT2D eigenvalue weighted by molar-refractivity contribution is 7.89. The molecule has 2 aliphatic heterocycles. The molecule has 0 spiro atoms. The van der Waals surface area contributed by atoms with Crippen molar-refractivity contribution in [3.05, 3.63) is 24.3 Å². The first-order valence-corrected chi connectivity index (χ1v) is 11.6. The predicted molar refractivity (Wildman–Crippen MR) is 108 cm³/mol. The van der Waals surface area contributed by atoms with Crippen LogP contribution >= 0.6 is 0 Å². The molecule has 2 saturated heterocycles. The first kappa shape index (κ1) is 21.1. The van der Waals surface area contributed by atoms with Gasteiger partial charge in [0, 0.05) is 19.1 Å². The SMILES string of the molecule is CCOc1ccc(S(=O)(=O)N2CCCC(C(=O)NC3CCN(C)CC3)C2)cc1. The van der Waals surface area contributed by atoms with Gasteiger partial charge in [-0.1, -0.05) is 0 Å². The van der Waals surface area contributed by atoms with Crippen LogP contribution in [0.1, 0.15) is 32.6 Å². The molecule has 1 aromatic rings. The van der Waals surface area contributed by atoms with Crippen molar-refractivity contribution >= 4 is 15.9 Å². The molecule has 3 rings (SSSR count). The Bertz CT molecular complexity index is 758. The van der Waals surface area contributed by atoms with Crippen LogP contribution in [0.5, 0.6) is 5.75 Å². The fraction of sp³-hybridized carbons (Fsp3) is 0.650. The Morgan fingerprint density at radius 1 is 1.14 bits per heavy atom. The Hall–Kier alpha value is -1.64. The Morgan fingerprint density at radius 3 is 2.46 bits per heavy atom. The normalized spacial score (nSPS) is 22.7. The van der Waals surface area contributed by atoms with E-state index in [4.69, 9.17) is 4.74 Å². The fourth-order valence-corrected chi connectivity index (χ4v) is 5.39. The molecule has 156 valence electrons. The van der Waals surface area contributed by atoms with E-state index in [1.165, 1.54) is 4.31 Å². The summed E-state index contributed by atoms with van der Waals surface area (Å²) in [7, 11) is -1.52. The van der Waals surface area contributed by atoms with Gasteiger partial charge in [-0.2, -0.15) is 4.31 Å². The maximum absolute atomic E-state index is 13.0. The summed E-state index contributed by atoms with van der Waals surface area (Å²) in [6.07, 6.45) is 3.32. The predicted octanol–water partition coefficient (Wildman–Crippen LogP) is 1.70. The van der Waals surface area contributed by atoms with Crippen LogP contribution in [0.3, 0.4) is 0 Å². The lowest BCUT2D eigenvalue weighted by Crippen LogP contribution is -2.49. The van der Waals surface area contributed by atoms with E-state index in [0.717, 1.165) is 32.4 Å². The molecule has 1 amide bonds. The number of sulfonamides is 1. The molecule has 1 atom stereocenters. The number of nitrogens with one attached hydrogen (secondary N) is 1. The van der Waals surface area contributed by atoms with Crippen LogP contribution < -0.4 is 10.1 Å². The molecule has 2 heterocycles. The average Bonchev–Trinajstić information content (AvgIpc) is 2.70. The number of likely N-dealkylation sites (tertiary alicyclic amines) is 1. The number of rotatable bonds is 6. The minimum absolute atomic E-state index is 0.0128. The molecule has 0 aromatic heterocycles. The van der Waals surface area contributed by atoms with Crippen molar-refractivity contribution in [3.63, 3.8) is 0 Å². The Balaban J connectivity index is 1.62. The zero-order valence-corrected chi connectivity index (χ0v) is 17.6. The summed E-state index contributed by atoms with van der Waals surface area (Å²) in [6.45, 7) is 5.07. The number of hydrogen-bond donors (Lipinski definition) is 1. The van der Waals surface area contributed by atoms with Crippen LogP contribution in [0.2, 0.25) is 0 Å². The van der Waals surface area contributed by atoms with Gasteiger partial charge in [-0.15, -0.1) is 0 Å². The molecule has 0 saturated carbocycles. The topological polar surface area (TPSA) is 79.0 Å². The second kappa shape index (κ2) is 9.24. The molecule has 0 radical (unpaired) electrons. The third kappa shape index (κ3) is 5.04. The van der Waals surface area contributed by atoms with Crippen molar-refractivity contribution in [2.45, 2.75) is 43.5 Å². The van der Waals surface area contributed by atoms with E-state index in [1.807, 2.05) is 6.92 Å². The van der Waals surface area contributed by atoms with Crippen molar-refractivity contribution in [2.75, 3.05) is 39.8 Å². The van der Waals surface area contributed by atoms with Gasteiger partial charge < -0.3 is 15.0 Å². The minimum atomic E-state index is -3.61. The van der Waals surface area contributed by atoms with Crippen LogP contribution in [0.4, 0.5) is 0 Å². The molecule has 7 nitrogen and oxygen atoms in total. The number of carbonyl (C=O) groups is 1. The molecule has 1 aromatic carbocycles. The lowest BCUT2D eigenvalue weighted by molar-refractivity contribution is -0.127. The number of carbonyl (C=O) groups excluding carboxylic acids is 1. The van der Waals surface area contributed by atoms with Gasteiger partial charge >= 0.3 is 0 Å². The molecule has 8 heteroatoms. The zero-order chi connectivity index (χ0) is 20.1. The van der Waals surface area contributed by atoms with E-state index in [2.05, 4.69) is 17.3 Å². The molecule has 0 aliphatic carbocycles. The van der Waals surface area contributed by atoms with Crippen LogP contribution in [-0.4, -0.2) is 69.4 Å². The minimum Gasteiger partial charge on any atom is -0.494 e. The smallest absolute Gasteiger partial charge is 0.243 e. The molecule has 0 bridgehead atoms. The number of nitrogens with zero attached hydrogens (tertiary/aromatic N) is 2. The van der Waals surface area contributed by atoms with Gasteiger partial charge in [-0.05, 0) is 77.0 Å². The van der Waals surface area contributed by atoms with Gasteiger partial charge in [-0.25, -0.2) is 8.42 Å². The second-order valence-electron chi connectivity index (χ2n) is 7.69. The number of hydrogen-bond acceptors (Lipinski definition) is 5. The third-order valence-corrected chi connectivity index (χ3v) is 7.47.